The number of hydrazone groups is 1. The van der Waals surface area contributed by atoms with Crippen molar-refractivity contribution in [1.82, 2.24) is 0 Å². The summed E-state index contributed by atoms with van der Waals surface area (Å²) in [5.41, 5.74) is 7.55. The molecule has 0 atom stereocenters. The van der Waals surface area contributed by atoms with E-state index in [0.717, 1.165) is 0 Å². The minimum atomic E-state index is -0.451. The summed E-state index contributed by atoms with van der Waals surface area (Å²) in [6, 6.07) is 6.16. The molecule has 0 aliphatic carbocycles. The summed E-state index contributed by atoms with van der Waals surface area (Å²) in [5.74, 6) is -0.0500. The standard InChI is InChI=1S/C10H11N5O2/c1-17-6-2-3-7(9(16)4-6)14-15-8(5-11)10(12)13/h2-4,14,16H,1H3,(H3,12,13)/b15-8+. The average Bonchev–Trinajstić information content (AvgIpc) is 2.31. The maximum Gasteiger partial charge on any atom is 0.201 e. The van der Waals surface area contributed by atoms with Crippen molar-refractivity contribution in [2.45, 2.75) is 0 Å². The van der Waals surface area contributed by atoms with Crippen LogP contribution in [0.2, 0.25) is 0 Å². The molecule has 0 saturated heterocycles. The largest absolute Gasteiger partial charge is 0.506 e. The van der Waals surface area contributed by atoms with Crippen LogP contribution in [0.1, 0.15) is 0 Å². The van der Waals surface area contributed by atoms with Gasteiger partial charge in [-0.15, -0.1) is 0 Å². The van der Waals surface area contributed by atoms with Crippen LogP contribution in [0, 0.1) is 16.7 Å². The minimum absolute atomic E-state index is 0.0889. The molecular weight excluding hydrogens is 222 g/mol. The number of hydrogen-bond acceptors (Lipinski definition) is 6. The molecule has 1 rings (SSSR count). The highest BCUT2D eigenvalue weighted by Gasteiger charge is 2.04. The third kappa shape index (κ3) is 3.10. The number of nitriles is 1. The number of phenols is 1. The van der Waals surface area contributed by atoms with Gasteiger partial charge in [-0.05, 0) is 12.1 Å². The zero-order valence-corrected chi connectivity index (χ0v) is 9.06. The van der Waals surface area contributed by atoms with Crippen molar-refractivity contribution < 1.29 is 9.84 Å². The third-order valence-corrected chi connectivity index (χ3v) is 1.85. The summed E-state index contributed by atoms with van der Waals surface area (Å²) >= 11 is 0. The molecule has 1 aromatic rings. The molecule has 7 nitrogen and oxygen atoms in total. The van der Waals surface area contributed by atoms with Crippen LogP contribution < -0.4 is 15.9 Å². The predicted octanol–water partition coefficient (Wildman–Crippen LogP) is 0.628. The number of nitrogens with two attached hydrogens (primary N) is 1. The molecule has 0 spiro atoms. The van der Waals surface area contributed by atoms with Crippen molar-refractivity contribution in [3.8, 4) is 17.6 Å². The quantitative estimate of drug-likeness (QED) is 0.262. The Bertz CT molecular complexity index is 504. The molecule has 0 saturated carbocycles. The van der Waals surface area contributed by atoms with E-state index in [0.29, 0.717) is 5.75 Å². The second-order valence-electron chi connectivity index (χ2n) is 2.98. The Kier molecular flexibility index (Phi) is 3.89. The highest BCUT2D eigenvalue weighted by Crippen LogP contribution is 2.27. The van der Waals surface area contributed by atoms with Crippen molar-refractivity contribution in [3.63, 3.8) is 0 Å². The molecule has 17 heavy (non-hydrogen) atoms. The van der Waals surface area contributed by atoms with Crippen molar-refractivity contribution in [2.75, 3.05) is 12.5 Å². The van der Waals surface area contributed by atoms with E-state index in [1.54, 1.807) is 12.1 Å². The number of nitrogens with one attached hydrogen (secondary N) is 2. The lowest BCUT2D eigenvalue weighted by Crippen LogP contribution is -2.21. The average molecular weight is 233 g/mol. The zero-order valence-electron chi connectivity index (χ0n) is 9.06. The van der Waals surface area contributed by atoms with E-state index >= 15 is 0 Å². The molecule has 0 heterocycles. The summed E-state index contributed by atoms with van der Waals surface area (Å²) in [4.78, 5) is 0. The maximum absolute atomic E-state index is 9.57. The Hall–Kier alpha value is -2.75. The van der Waals surface area contributed by atoms with Crippen LogP contribution in [0.3, 0.4) is 0 Å². The lowest BCUT2D eigenvalue weighted by molar-refractivity contribution is 0.408. The Morgan fingerprint density at radius 3 is 2.82 bits per heavy atom. The van der Waals surface area contributed by atoms with Crippen molar-refractivity contribution in [1.29, 1.82) is 10.7 Å². The van der Waals surface area contributed by atoms with Gasteiger partial charge in [-0.2, -0.15) is 10.4 Å². The minimum Gasteiger partial charge on any atom is -0.506 e. The summed E-state index contributed by atoms with van der Waals surface area (Å²) in [7, 11) is 1.48. The van der Waals surface area contributed by atoms with Crippen molar-refractivity contribution >= 4 is 17.2 Å². The monoisotopic (exact) mass is 233 g/mol. The van der Waals surface area contributed by atoms with Gasteiger partial charge >= 0.3 is 0 Å². The molecule has 0 radical (unpaired) electrons. The number of rotatable bonds is 4. The van der Waals surface area contributed by atoms with E-state index in [-0.39, 0.29) is 17.1 Å². The van der Waals surface area contributed by atoms with Crippen LogP contribution in [0.25, 0.3) is 0 Å². The van der Waals surface area contributed by atoms with E-state index < -0.39 is 5.84 Å². The molecule has 1 aromatic carbocycles. The molecule has 0 amide bonds. The van der Waals surface area contributed by atoms with E-state index in [9.17, 15) is 5.11 Å². The van der Waals surface area contributed by atoms with Crippen LogP contribution in [-0.4, -0.2) is 23.8 Å². The second-order valence-corrected chi connectivity index (χ2v) is 2.98. The molecule has 0 unspecified atom stereocenters. The fourth-order valence-corrected chi connectivity index (χ4v) is 0.995. The van der Waals surface area contributed by atoms with Gasteiger partial charge in [0.2, 0.25) is 5.71 Å². The number of phenolic OH excluding ortho intramolecular Hbond substituents is 1. The number of hydrogen-bond donors (Lipinski definition) is 4. The molecule has 88 valence electrons. The van der Waals surface area contributed by atoms with E-state index in [1.165, 1.54) is 19.2 Å². The van der Waals surface area contributed by atoms with Crippen LogP contribution in [0.4, 0.5) is 5.69 Å². The molecule has 0 fully saturated rings. The zero-order chi connectivity index (χ0) is 12.8. The van der Waals surface area contributed by atoms with Gasteiger partial charge in [0.1, 0.15) is 17.6 Å². The molecule has 0 aromatic heterocycles. The van der Waals surface area contributed by atoms with Gasteiger partial charge in [-0.3, -0.25) is 10.8 Å². The molecule has 0 aliphatic heterocycles. The van der Waals surface area contributed by atoms with E-state index in [1.807, 2.05) is 0 Å². The fraction of sp³-hybridized carbons (Fsp3) is 0.100. The molecule has 7 heteroatoms. The van der Waals surface area contributed by atoms with E-state index in [4.69, 9.17) is 21.1 Å². The van der Waals surface area contributed by atoms with Gasteiger partial charge in [-0.25, -0.2) is 0 Å². The highest BCUT2D eigenvalue weighted by atomic mass is 16.5. The van der Waals surface area contributed by atoms with E-state index in [2.05, 4.69) is 10.5 Å². The van der Waals surface area contributed by atoms with Gasteiger partial charge in [0.05, 0.1) is 12.8 Å². The van der Waals surface area contributed by atoms with Crippen molar-refractivity contribution in [3.05, 3.63) is 18.2 Å². The summed E-state index contributed by atoms with van der Waals surface area (Å²) in [6.07, 6.45) is 0. The summed E-state index contributed by atoms with van der Waals surface area (Å²) < 4.78 is 4.90. The maximum atomic E-state index is 9.57. The van der Waals surface area contributed by atoms with Gasteiger partial charge in [0.15, 0.2) is 5.84 Å². The Labute approximate surface area is 97.6 Å². The topological polar surface area (TPSA) is 128 Å². The van der Waals surface area contributed by atoms with Crippen LogP contribution in [0.5, 0.6) is 11.5 Å². The number of nitrogens with zero attached hydrogens (tertiary/aromatic N) is 2. The van der Waals surface area contributed by atoms with Gasteiger partial charge in [0.25, 0.3) is 0 Å². The van der Waals surface area contributed by atoms with Gasteiger partial charge < -0.3 is 15.6 Å². The number of ether oxygens (including phenoxy) is 1. The fourth-order valence-electron chi connectivity index (χ4n) is 0.995. The number of methoxy groups -OCH3 is 1. The van der Waals surface area contributed by atoms with Gasteiger partial charge in [0, 0.05) is 6.07 Å². The lowest BCUT2D eigenvalue weighted by atomic mass is 10.3. The third-order valence-electron chi connectivity index (χ3n) is 1.85. The number of amidine groups is 1. The lowest BCUT2D eigenvalue weighted by Gasteiger charge is -2.06. The first-order valence-electron chi connectivity index (χ1n) is 4.53. The molecular formula is C10H11N5O2. The number of anilines is 1. The Morgan fingerprint density at radius 1 is 1.65 bits per heavy atom. The Balaban J connectivity index is 2.90. The second kappa shape index (κ2) is 5.37. The normalized spacial score (nSPS) is 10.5. The van der Waals surface area contributed by atoms with Crippen LogP contribution in [0.15, 0.2) is 23.3 Å². The highest BCUT2D eigenvalue weighted by molar-refractivity contribution is 6.45. The SMILES string of the molecule is COc1ccc(N/N=C(\C#N)C(=N)N)c(O)c1. The number of aromatic hydroxyl groups is 1. The first-order chi connectivity index (χ1) is 8.08. The summed E-state index contributed by atoms with van der Waals surface area (Å²) in [5, 5.41) is 28.8. The first kappa shape index (κ1) is 12.3. The molecule has 5 N–H and O–H groups in total. The predicted molar refractivity (Wildman–Crippen MR) is 63.2 cm³/mol. The summed E-state index contributed by atoms with van der Waals surface area (Å²) in [6.45, 7) is 0. The van der Waals surface area contributed by atoms with Crippen molar-refractivity contribution in [2.24, 2.45) is 10.8 Å². The number of benzene rings is 1. The van der Waals surface area contributed by atoms with Crippen LogP contribution in [-0.2, 0) is 0 Å². The van der Waals surface area contributed by atoms with Gasteiger partial charge in [-0.1, -0.05) is 0 Å². The Morgan fingerprint density at radius 2 is 2.35 bits per heavy atom. The molecule has 0 bridgehead atoms. The smallest absolute Gasteiger partial charge is 0.201 e. The first-order valence-corrected chi connectivity index (χ1v) is 4.53. The van der Waals surface area contributed by atoms with Crippen LogP contribution >= 0.6 is 0 Å². The molecule has 0 aliphatic rings.